The molecule has 2 atom stereocenters. The highest BCUT2D eigenvalue weighted by atomic mass is 14.2. The molecular formula is C13H14. The number of hydrogen-bond acceptors (Lipinski definition) is 0. The second kappa shape index (κ2) is 4.20. The molecule has 2 aliphatic carbocycles. The van der Waals surface area contributed by atoms with Crippen LogP contribution in [0, 0.1) is 35.5 Å². The lowest BCUT2D eigenvalue weighted by molar-refractivity contribution is 0.313. The Hall–Kier alpha value is -1.14. The highest BCUT2D eigenvalue weighted by molar-refractivity contribution is 5.31. The molecule has 0 radical (unpaired) electrons. The summed E-state index contributed by atoms with van der Waals surface area (Å²) in [7, 11) is 0. The standard InChI is InChI=1S/C13H14/c1-2-4-7-12-9-6-10-13(11-12)8-5-3-1/h2,4,12-13H,6-7,9-11H2/b4-2-. The molecule has 0 spiro atoms. The molecule has 2 unspecified atom stereocenters. The van der Waals surface area contributed by atoms with Crippen LogP contribution in [0.5, 0.6) is 0 Å². The van der Waals surface area contributed by atoms with Crippen LogP contribution in [0.15, 0.2) is 12.2 Å². The van der Waals surface area contributed by atoms with E-state index in [9.17, 15) is 0 Å². The Morgan fingerprint density at radius 1 is 1.15 bits per heavy atom. The van der Waals surface area contributed by atoms with E-state index in [0.717, 1.165) is 5.92 Å². The van der Waals surface area contributed by atoms with Gasteiger partial charge in [0.1, 0.15) is 0 Å². The Balaban J connectivity index is 2.14. The average Bonchev–Trinajstić information content (AvgIpc) is 2.17. The molecule has 1 saturated carbocycles. The van der Waals surface area contributed by atoms with E-state index < -0.39 is 0 Å². The van der Waals surface area contributed by atoms with Crippen LogP contribution in [0.3, 0.4) is 0 Å². The van der Waals surface area contributed by atoms with E-state index in [1.165, 1.54) is 32.1 Å². The van der Waals surface area contributed by atoms with Gasteiger partial charge in [0.05, 0.1) is 0 Å². The van der Waals surface area contributed by atoms with Crippen LogP contribution < -0.4 is 0 Å². The van der Waals surface area contributed by atoms with E-state index in [4.69, 9.17) is 0 Å². The molecule has 0 N–H and O–H groups in total. The highest BCUT2D eigenvalue weighted by Crippen LogP contribution is 2.30. The summed E-state index contributed by atoms with van der Waals surface area (Å²) in [5.41, 5.74) is 0. The van der Waals surface area contributed by atoms with Crippen LogP contribution in [-0.2, 0) is 0 Å². The first kappa shape index (κ1) is 8.46. The van der Waals surface area contributed by atoms with Gasteiger partial charge in [-0.3, -0.25) is 0 Å². The smallest absolute Gasteiger partial charge is 0.0215 e. The average molecular weight is 170 g/mol. The fraction of sp³-hybridized carbons (Fsp3) is 0.538. The highest BCUT2D eigenvalue weighted by Gasteiger charge is 2.19. The molecule has 0 aliphatic heterocycles. The number of allylic oxidation sites excluding steroid dienone is 2. The first-order valence-corrected chi connectivity index (χ1v) is 5.11. The molecule has 0 aromatic rings. The monoisotopic (exact) mass is 170 g/mol. The molecule has 0 saturated heterocycles. The molecule has 0 heterocycles. The molecule has 0 amide bonds. The normalized spacial score (nSPS) is 33.2. The fourth-order valence-electron chi connectivity index (χ4n) is 2.17. The van der Waals surface area contributed by atoms with Gasteiger partial charge < -0.3 is 0 Å². The minimum absolute atomic E-state index is 0.625. The summed E-state index contributed by atoms with van der Waals surface area (Å²) < 4.78 is 0. The Kier molecular flexibility index (Phi) is 2.73. The predicted octanol–water partition coefficient (Wildman–Crippen LogP) is 2.76. The van der Waals surface area contributed by atoms with Gasteiger partial charge in [-0.15, -0.1) is 0 Å². The van der Waals surface area contributed by atoms with Crippen LogP contribution >= 0.6 is 0 Å². The van der Waals surface area contributed by atoms with Crippen molar-refractivity contribution in [3.8, 4) is 23.7 Å². The maximum Gasteiger partial charge on any atom is 0.0215 e. The van der Waals surface area contributed by atoms with Gasteiger partial charge in [-0.05, 0) is 43.1 Å². The third kappa shape index (κ3) is 2.40. The van der Waals surface area contributed by atoms with Crippen molar-refractivity contribution in [2.45, 2.75) is 32.1 Å². The van der Waals surface area contributed by atoms with Crippen LogP contribution in [-0.4, -0.2) is 0 Å². The van der Waals surface area contributed by atoms with Crippen molar-refractivity contribution in [2.24, 2.45) is 11.8 Å². The summed E-state index contributed by atoms with van der Waals surface area (Å²) >= 11 is 0. The molecular weight excluding hydrogens is 156 g/mol. The third-order valence-corrected chi connectivity index (χ3v) is 2.86. The van der Waals surface area contributed by atoms with Crippen LogP contribution in [0.4, 0.5) is 0 Å². The van der Waals surface area contributed by atoms with Gasteiger partial charge in [0.2, 0.25) is 0 Å². The second-order valence-electron chi connectivity index (χ2n) is 3.91. The van der Waals surface area contributed by atoms with Gasteiger partial charge in [-0.2, -0.15) is 0 Å². The maximum atomic E-state index is 3.26. The SMILES string of the molecule is C1#C/C=C\CC2CCCC(C#C1)C2. The second-order valence-corrected chi connectivity index (χ2v) is 3.91. The van der Waals surface area contributed by atoms with Gasteiger partial charge in [0.15, 0.2) is 0 Å². The first-order chi connectivity index (χ1) is 6.45. The Bertz CT molecular complexity index is 313. The number of hydrogen-bond donors (Lipinski definition) is 0. The van der Waals surface area contributed by atoms with E-state index in [0.29, 0.717) is 5.92 Å². The van der Waals surface area contributed by atoms with Gasteiger partial charge >= 0.3 is 0 Å². The molecule has 66 valence electrons. The molecule has 2 rings (SSSR count). The lowest BCUT2D eigenvalue weighted by atomic mass is 9.80. The van der Waals surface area contributed by atoms with Gasteiger partial charge in [-0.25, -0.2) is 0 Å². The van der Waals surface area contributed by atoms with E-state index in [1.807, 2.05) is 6.08 Å². The van der Waals surface area contributed by atoms with Crippen molar-refractivity contribution in [2.75, 3.05) is 0 Å². The number of fused-ring (bicyclic) bond motifs is 2. The van der Waals surface area contributed by atoms with Crippen molar-refractivity contribution in [1.29, 1.82) is 0 Å². The molecule has 0 aromatic carbocycles. The topological polar surface area (TPSA) is 0 Å². The van der Waals surface area contributed by atoms with Crippen molar-refractivity contribution < 1.29 is 0 Å². The molecule has 13 heavy (non-hydrogen) atoms. The zero-order chi connectivity index (χ0) is 8.93. The van der Waals surface area contributed by atoms with Crippen LogP contribution in [0.25, 0.3) is 0 Å². The lowest BCUT2D eigenvalue weighted by Crippen LogP contribution is -2.13. The van der Waals surface area contributed by atoms with E-state index in [1.54, 1.807) is 0 Å². The van der Waals surface area contributed by atoms with Gasteiger partial charge in [-0.1, -0.05) is 30.8 Å². The quantitative estimate of drug-likeness (QED) is 0.490. The van der Waals surface area contributed by atoms with E-state index in [2.05, 4.69) is 29.8 Å². The van der Waals surface area contributed by atoms with E-state index in [-0.39, 0.29) is 0 Å². The fourth-order valence-corrected chi connectivity index (χ4v) is 2.17. The first-order valence-electron chi connectivity index (χ1n) is 5.11. The molecule has 2 bridgehead atoms. The molecule has 1 fully saturated rings. The third-order valence-electron chi connectivity index (χ3n) is 2.86. The molecule has 2 aliphatic rings. The maximum absolute atomic E-state index is 3.26. The zero-order valence-electron chi connectivity index (χ0n) is 7.84. The Morgan fingerprint density at radius 2 is 2.15 bits per heavy atom. The van der Waals surface area contributed by atoms with Crippen LogP contribution in [0.2, 0.25) is 0 Å². The van der Waals surface area contributed by atoms with Crippen molar-refractivity contribution in [3.05, 3.63) is 12.2 Å². The summed E-state index contributed by atoms with van der Waals surface area (Å²) in [4.78, 5) is 0. The summed E-state index contributed by atoms with van der Waals surface area (Å²) in [6, 6.07) is 0. The molecule has 0 aromatic heterocycles. The minimum Gasteiger partial charge on any atom is -0.0857 e. The Morgan fingerprint density at radius 3 is 3.15 bits per heavy atom. The zero-order valence-corrected chi connectivity index (χ0v) is 7.84. The van der Waals surface area contributed by atoms with Gasteiger partial charge in [0, 0.05) is 5.92 Å². The van der Waals surface area contributed by atoms with Gasteiger partial charge in [0.25, 0.3) is 0 Å². The lowest BCUT2D eigenvalue weighted by Gasteiger charge is -2.24. The summed E-state index contributed by atoms with van der Waals surface area (Å²) in [6.07, 6.45) is 10.7. The summed E-state index contributed by atoms with van der Waals surface area (Å²) in [5.74, 6) is 13.5. The summed E-state index contributed by atoms with van der Waals surface area (Å²) in [5, 5.41) is 0. The summed E-state index contributed by atoms with van der Waals surface area (Å²) in [6.45, 7) is 0. The largest absolute Gasteiger partial charge is 0.0857 e. The van der Waals surface area contributed by atoms with Crippen molar-refractivity contribution >= 4 is 0 Å². The van der Waals surface area contributed by atoms with Crippen molar-refractivity contribution in [3.63, 3.8) is 0 Å². The van der Waals surface area contributed by atoms with E-state index >= 15 is 0 Å². The molecule has 0 nitrogen and oxygen atoms in total. The van der Waals surface area contributed by atoms with Crippen molar-refractivity contribution in [1.82, 2.24) is 0 Å². The Labute approximate surface area is 80.4 Å². The minimum atomic E-state index is 0.625. The number of rotatable bonds is 0. The predicted molar refractivity (Wildman–Crippen MR) is 54.8 cm³/mol. The molecule has 0 heteroatoms. The van der Waals surface area contributed by atoms with Crippen LogP contribution in [0.1, 0.15) is 32.1 Å².